The Labute approximate surface area is 118 Å². The molecule has 0 amide bonds. The highest BCUT2D eigenvalue weighted by molar-refractivity contribution is 5.63. The van der Waals surface area contributed by atoms with E-state index >= 15 is 0 Å². The van der Waals surface area contributed by atoms with Crippen LogP contribution in [0.15, 0.2) is 18.2 Å². The van der Waals surface area contributed by atoms with Crippen LogP contribution < -0.4 is 4.90 Å². The molecule has 0 bridgehead atoms. The van der Waals surface area contributed by atoms with E-state index in [1.807, 2.05) is 6.07 Å². The molecular weight excluding hydrogens is 287 g/mol. The van der Waals surface area contributed by atoms with Crippen LogP contribution in [0.2, 0.25) is 0 Å². The third kappa shape index (κ3) is 3.24. The van der Waals surface area contributed by atoms with Gasteiger partial charge in [-0.15, -0.1) is 0 Å². The summed E-state index contributed by atoms with van der Waals surface area (Å²) in [6, 6.07) is 5.45. The minimum absolute atomic E-state index is 0.0204. The highest BCUT2D eigenvalue weighted by Gasteiger charge is 2.42. The summed E-state index contributed by atoms with van der Waals surface area (Å²) < 4.78 is 38.4. The van der Waals surface area contributed by atoms with Gasteiger partial charge in [-0.3, -0.25) is 10.1 Å². The van der Waals surface area contributed by atoms with Gasteiger partial charge in [0, 0.05) is 25.2 Å². The second-order valence-corrected chi connectivity index (χ2v) is 4.90. The van der Waals surface area contributed by atoms with Crippen LogP contribution in [0.25, 0.3) is 0 Å². The van der Waals surface area contributed by atoms with Gasteiger partial charge in [-0.25, -0.2) is 0 Å². The molecule has 8 heteroatoms. The van der Waals surface area contributed by atoms with Crippen molar-refractivity contribution < 1.29 is 18.1 Å². The number of piperidine rings is 1. The summed E-state index contributed by atoms with van der Waals surface area (Å²) in [5.41, 5.74) is 0.0868. The number of nitro groups is 1. The van der Waals surface area contributed by atoms with E-state index < -0.39 is 17.0 Å². The Morgan fingerprint density at radius 1 is 1.43 bits per heavy atom. The molecular formula is C13H12F3N3O2. The standard InChI is InChI=1S/C13H12F3N3O2/c14-13(15,16)10-2-1-5-18(8-10)12-4-3-11(19(20)21)6-9(12)7-17/h3-4,6,10H,1-2,5,8H2/t10-/m1/s1. The maximum Gasteiger partial charge on any atom is 0.393 e. The van der Waals surface area contributed by atoms with Crippen molar-refractivity contribution in [2.75, 3.05) is 18.0 Å². The Kier molecular flexibility index (Phi) is 4.02. The Balaban J connectivity index is 2.29. The molecule has 0 aliphatic carbocycles. The fourth-order valence-electron chi connectivity index (χ4n) is 2.47. The van der Waals surface area contributed by atoms with Crippen LogP contribution in [0.1, 0.15) is 18.4 Å². The van der Waals surface area contributed by atoms with E-state index in [0.29, 0.717) is 18.7 Å². The first-order valence-corrected chi connectivity index (χ1v) is 6.33. The van der Waals surface area contributed by atoms with Crippen molar-refractivity contribution in [2.24, 2.45) is 5.92 Å². The highest BCUT2D eigenvalue weighted by atomic mass is 19.4. The second-order valence-electron chi connectivity index (χ2n) is 4.90. The van der Waals surface area contributed by atoms with Gasteiger partial charge in [-0.2, -0.15) is 18.4 Å². The zero-order valence-corrected chi connectivity index (χ0v) is 10.9. The molecule has 1 atom stereocenters. The molecule has 1 fully saturated rings. The fourth-order valence-corrected chi connectivity index (χ4v) is 2.47. The minimum atomic E-state index is -4.27. The minimum Gasteiger partial charge on any atom is -0.370 e. The first-order valence-electron chi connectivity index (χ1n) is 6.33. The molecule has 21 heavy (non-hydrogen) atoms. The zero-order chi connectivity index (χ0) is 15.6. The van der Waals surface area contributed by atoms with Crippen molar-refractivity contribution in [2.45, 2.75) is 19.0 Å². The van der Waals surface area contributed by atoms with Crippen molar-refractivity contribution in [3.63, 3.8) is 0 Å². The van der Waals surface area contributed by atoms with Crippen LogP contribution in [0, 0.1) is 27.4 Å². The Hall–Kier alpha value is -2.30. The number of nitro benzene ring substituents is 1. The van der Waals surface area contributed by atoms with Crippen LogP contribution in [-0.4, -0.2) is 24.2 Å². The Morgan fingerprint density at radius 3 is 2.71 bits per heavy atom. The van der Waals surface area contributed by atoms with Gasteiger partial charge in [-0.1, -0.05) is 0 Å². The molecule has 1 aromatic carbocycles. The molecule has 1 aromatic rings. The molecule has 0 N–H and O–H groups in total. The van der Waals surface area contributed by atoms with E-state index in [4.69, 9.17) is 5.26 Å². The molecule has 0 saturated carbocycles. The first kappa shape index (κ1) is 15.1. The van der Waals surface area contributed by atoms with E-state index in [9.17, 15) is 23.3 Å². The molecule has 112 valence electrons. The molecule has 5 nitrogen and oxygen atoms in total. The van der Waals surface area contributed by atoms with Crippen LogP contribution in [-0.2, 0) is 0 Å². The van der Waals surface area contributed by atoms with Gasteiger partial charge in [0.05, 0.1) is 22.1 Å². The normalized spacial score (nSPS) is 19.1. The van der Waals surface area contributed by atoms with Gasteiger partial charge >= 0.3 is 6.18 Å². The molecule has 1 heterocycles. The van der Waals surface area contributed by atoms with Gasteiger partial charge in [0.2, 0.25) is 0 Å². The van der Waals surface area contributed by atoms with Gasteiger partial charge in [-0.05, 0) is 18.9 Å². The second kappa shape index (κ2) is 5.60. The summed E-state index contributed by atoms with van der Waals surface area (Å²) in [5.74, 6) is -1.44. The first-order chi connectivity index (χ1) is 9.82. The number of hydrogen-bond donors (Lipinski definition) is 0. The Morgan fingerprint density at radius 2 is 2.14 bits per heavy atom. The summed E-state index contributed by atoms with van der Waals surface area (Å²) in [4.78, 5) is 11.5. The number of anilines is 1. The molecule has 0 radical (unpaired) electrons. The van der Waals surface area contributed by atoms with E-state index in [-0.39, 0.29) is 24.2 Å². The Bertz CT molecular complexity index is 595. The van der Waals surface area contributed by atoms with Crippen LogP contribution in [0.4, 0.5) is 24.5 Å². The molecule has 1 saturated heterocycles. The van der Waals surface area contributed by atoms with E-state index in [0.717, 1.165) is 6.07 Å². The lowest BCUT2D eigenvalue weighted by atomic mass is 9.96. The number of alkyl halides is 3. The lowest BCUT2D eigenvalue weighted by Crippen LogP contribution is -2.42. The number of nitrogens with zero attached hydrogens (tertiary/aromatic N) is 3. The summed E-state index contributed by atoms with van der Waals surface area (Å²) in [6.07, 6.45) is -3.84. The summed E-state index contributed by atoms with van der Waals surface area (Å²) in [6.45, 7) is 0.176. The topological polar surface area (TPSA) is 70.2 Å². The molecule has 2 rings (SSSR count). The van der Waals surface area contributed by atoms with Gasteiger partial charge < -0.3 is 4.90 Å². The van der Waals surface area contributed by atoms with Gasteiger partial charge in [0.25, 0.3) is 5.69 Å². The van der Waals surface area contributed by atoms with Gasteiger partial charge in [0.1, 0.15) is 6.07 Å². The van der Waals surface area contributed by atoms with E-state index in [2.05, 4.69) is 0 Å². The lowest BCUT2D eigenvalue weighted by Gasteiger charge is -2.35. The number of benzene rings is 1. The van der Waals surface area contributed by atoms with Crippen molar-refractivity contribution in [3.05, 3.63) is 33.9 Å². The maximum absolute atomic E-state index is 12.8. The van der Waals surface area contributed by atoms with Crippen LogP contribution in [0.3, 0.4) is 0 Å². The average Bonchev–Trinajstić information content (AvgIpc) is 2.45. The highest BCUT2D eigenvalue weighted by Crippen LogP contribution is 2.36. The van der Waals surface area contributed by atoms with Crippen molar-refractivity contribution >= 4 is 11.4 Å². The fraction of sp³-hybridized carbons (Fsp3) is 0.462. The van der Waals surface area contributed by atoms with Crippen LogP contribution >= 0.6 is 0 Å². The summed E-state index contributed by atoms with van der Waals surface area (Å²) in [5, 5.41) is 19.7. The maximum atomic E-state index is 12.8. The molecule has 1 aliphatic heterocycles. The number of halogens is 3. The predicted octanol–water partition coefficient (Wildman–Crippen LogP) is 3.25. The van der Waals surface area contributed by atoms with Crippen molar-refractivity contribution in [1.82, 2.24) is 0 Å². The third-order valence-electron chi connectivity index (χ3n) is 3.54. The molecule has 0 spiro atoms. The summed E-state index contributed by atoms with van der Waals surface area (Å²) >= 11 is 0. The number of nitriles is 1. The zero-order valence-electron chi connectivity index (χ0n) is 10.9. The predicted molar refractivity (Wildman–Crippen MR) is 68.8 cm³/mol. The molecule has 1 aliphatic rings. The average molecular weight is 299 g/mol. The van der Waals surface area contributed by atoms with E-state index in [1.54, 1.807) is 0 Å². The number of rotatable bonds is 2. The third-order valence-corrected chi connectivity index (χ3v) is 3.54. The molecule has 0 unspecified atom stereocenters. The largest absolute Gasteiger partial charge is 0.393 e. The van der Waals surface area contributed by atoms with Crippen LogP contribution in [0.5, 0.6) is 0 Å². The van der Waals surface area contributed by atoms with Crippen molar-refractivity contribution in [1.29, 1.82) is 5.26 Å². The number of hydrogen-bond acceptors (Lipinski definition) is 4. The quantitative estimate of drug-likeness (QED) is 0.621. The smallest absolute Gasteiger partial charge is 0.370 e. The van der Waals surface area contributed by atoms with Crippen molar-refractivity contribution in [3.8, 4) is 6.07 Å². The molecule has 0 aromatic heterocycles. The SMILES string of the molecule is N#Cc1cc([N+](=O)[O-])ccc1N1CCC[C@@H](C(F)(F)F)C1. The van der Waals surface area contributed by atoms with Gasteiger partial charge in [0.15, 0.2) is 0 Å². The number of non-ortho nitro benzene ring substituents is 1. The summed E-state index contributed by atoms with van der Waals surface area (Å²) in [7, 11) is 0. The van der Waals surface area contributed by atoms with E-state index in [1.165, 1.54) is 17.0 Å². The monoisotopic (exact) mass is 299 g/mol. The lowest BCUT2D eigenvalue weighted by molar-refractivity contribution is -0.384.